The lowest BCUT2D eigenvalue weighted by Crippen LogP contribution is -2.12. The monoisotopic (exact) mass is 386 g/mol. The third-order valence-corrected chi connectivity index (χ3v) is 4.57. The van der Waals surface area contributed by atoms with E-state index in [-0.39, 0.29) is 0 Å². The second-order valence-corrected chi connectivity index (χ2v) is 6.70. The third-order valence-electron chi connectivity index (χ3n) is 4.23. The van der Waals surface area contributed by atoms with E-state index in [1.807, 2.05) is 0 Å². The highest BCUT2D eigenvalue weighted by molar-refractivity contribution is 6.30. The second kappa shape index (κ2) is 6.55. The van der Waals surface area contributed by atoms with Gasteiger partial charge in [0.25, 0.3) is 0 Å². The van der Waals surface area contributed by atoms with Gasteiger partial charge in [-0.25, -0.2) is 13.2 Å². The lowest BCUT2D eigenvalue weighted by molar-refractivity contribution is -0.147. The molecule has 25 heavy (non-hydrogen) atoms. The maximum atomic E-state index is 13.5. The molecule has 2 rings (SSSR count). The number of hydrogen-bond acceptors (Lipinski definition) is 2. The Hall–Kier alpha value is -1.70. The van der Waals surface area contributed by atoms with E-state index in [4.69, 9.17) is 16.3 Å². The van der Waals surface area contributed by atoms with Gasteiger partial charge in [0.1, 0.15) is 29.1 Å². The highest BCUT2D eigenvalue weighted by atomic mass is 35.5. The summed E-state index contributed by atoms with van der Waals surface area (Å²) in [7, 11) is 0. The van der Waals surface area contributed by atoms with Gasteiger partial charge in [0.05, 0.1) is 11.5 Å². The molecule has 0 N–H and O–H groups in total. The fourth-order valence-corrected chi connectivity index (χ4v) is 2.77. The van der Waals surface area contributed by atoms with E-state index in [1.165, 1.54) is 0 Å². The molecule has 0 radical (unpaired) electrons. The van der Waals surface area contributed by atoms with Crippen LogP contribution in [-0.2, 0) is 16.1 Å². The molecule has 9 heteroatoms. The van der Waals surface area contributed by atoms with E-state index in [0.717, 1.165) is 6.08 Å². The summed E-state index contributed by atoms with van der Waals surface area (Å²) in [6, 6.07) is 0.865. The number of benzene rings is 1. The summed E-state index contributed by atoms with van der Waals surface area (Å²) in [6.07, 6.45) is -4.00. The molecule has 1 saturated carbocycles. The van der Waals surface area contributed by atoms with E-state index in [0.29, 0.717) is 12.1 Å². The van der Waals surface area contributed by atoms with E-state index in [9.17, 15) is 31.1 Å². The zero-order valence-corrected chi connectivity index (χ0v) is 13.8. The SMILES string of the molecule is CC1(C)[C@H](C=C(Cl)C(F)(F)F)[C@@H]1C(=O)OCc1c(F)cc(F)cc1F. The van der Waals surface area contributed by atoms with Crippen molar-refractivity contribution in [2.75, 3.05) is 0 Å². The molecular formula is C16H13ClF6O2. The summed E-state index contributed by atoms with van der Waals surface area (Å²) in [5.74, 6) is -6.25. The fourth-order valence-electron chi connectivity index (χ4n) is 2.63. The predicted molar refractivity (Wildman–Crippen MR) is 76.9 cm³/mol. The summed E-state index contributed by atoms with van der Waals surface area (Å²) in [6.45, 7) is 2.28. The Bertz CT molecular complexity index is 703. The topological polar surface area (TPSA) is 26.3 Å². The number of halogens is 7. The number of ether oxygens (including phenoxy) is 1. The Morgan fingerprint density at radius 3 is 2.24 bits per heavy atom. The van der Waals surface area contributed by atoms with E-state index in [2.05, 4.69) is 0 Å². The first-order valence-corrected chi connectivity index (χ1v) is 7.48. The van der Waals surface area contributed by atoms with E-state index < -0.39 is 64.1 Å². The lowest BCUT2D eigenvalue weighted by atomic mass is 10.1. The molecule has 2 atom stereocenters. The van der Waals surface area contributed by atoms with Gasteiger partial charge in [-0.3, -0.25) is 4.79 Å². The van der Waals surface area contributed by atoms with Crippen molar-refractivity contribution in [1.82, 2.24) is 0 Å². The second-order valence-electron chi connectivity index (χ2n) is 6.29. The molecule has 0 amide bonds. The van der Waals surface area contributed by atoms with Gasteiger partial charge in [0, 0.05) is 12.1 Å². The van der Waals surface area contributed by atoms with Crippen molar-refractivity contribution in [3.8, 4) is 0 Å². The van der Waals surface area contributed by atoms with Crippen LogP contribution in [-0.4, -0.2) is 12.1 Å². The Morgan fingerprint density at radius 1 is 1.24 bits per heavy atom. The van der Waals surface area contributed by atoms with E-state index in [1.54, 1.807) is 13.8 Å². The minimum atomic E-state index is -4.73. The first kappa shape index (κ1) is 19.6. The van der Waals surface area contributed by atoms with Gasteiger partial charge in [-0.05, 0) is 11.3 Å². The summed E-state index contributed by atoms with van der Waals surface area (Å²) < 4.78 is 82.0. The van der Waals surface area contributed by atoms with Crippen LogP contribution in [0.4, 0.5) is 26.3 Å². The smallest absolute Gasteiger partial charge is 0.426 e. The first-order valence-electron chi connectivity index (χ1n) is 7.10. The fraction of sp³-hybridized carbons (Fsp3) is 0.438. The van der Waals surface area contributed by atoms with Gasteiger partial charge < -0.3 is 4.74 Å². The zero-order valence-electron chi connectivity index (χ0n) is 13.1. The van der Waals surface area contributed by atoms with Gasteiger partial charge in [0.2, 0.25) is 0 Å². The maximum absolute atomic E-state index is 13.5. The van der Waals surface area contributed by atoms with Crippen molar-refractivity contribution in [1.29, 1.82) is 0 Å². The van der Waals surface area contributed by atoms with Crippen LogP contribution in [0.15, 0.2) is 23.2 Å². The number of hydrogen-bond donors (Lipinski definition) is 0. The molecule has 1 aliphatic rings. The van der Waals surface area contributed by atoms with Gasteiger partial charge in [0.15, 0.2) is 0 Å². The number of allylic oxidation sites excluding steroid dienone is 2. The van der Waals surface area contributed by atoms with Crippen LogP contribution >= 0.6 is 11.6 Å². The third kappa shape index (κ3) is 4.11. The molecule has 0 heterocycles. The predicted octanol–water partition coefficient (Wildman–Crippen LogP) is 5.10. The molecular weight excluding hydrogens is 374 g/mol. The molecule has 0 saturated heterocycles. The lowest BCUT2D eigenvalue weighted by Gasteiger charge is -2.08. The summed E-state index contributed by atoms with van der Waals surface area (Å²) in [5, 5.41) is -1.35. The molecule has 1 aromatic rings. The zero-order chi connectivity index (χ0) is 19.2. The van der Waals surface area contributed by atoms with Crippen molar-refractivity contribution in [3.05, 3.63) is 46.3 Å². The molecule has 0 bridgehead atoms. The standard InChI is InChI=1S/C16H13ClF6O2/c1-15(2)9(5-12(17)16(21,22)23)13(15)14(24)25-6-8-10(19)3-7(18)4-11(8)20/h3-5,9,13H,6H2,1-2H3/t9-,13-/m1/s1. The molecule has 1 aliphatic carbocycles. The largest absolute Gasteiger partial charge is 0.460 e. The molecule has 0 unspecified atom stereocenters. The van der Waals surface area contributed by atoms with Crippen molar-refractivity contribution in [2.45, 2.75) is 26.6 Å². The Labute approximate surface area is 144 Å². The van der Waals surface area contributed by atoms with Crippen LogP contribution in [0, 0.1) is 34.7 Å². The number of carbonyl (C=O) groups is 1. The average Bonchev–Trinajstić information content (AvgIpc) is 2.97. The minimum Gasteiger partial charge on any atom is -0.460 e. The van der Waals surface area contributed by atoms with Crippen LogP contribution < -0.4 is 0 Å². The van der Waals surface area contributed by atoms with Gasteiger partial charge in [-0.15, -0.1) is 0 Å². The van der Waals surface area contributed by atoms with E-state index >= 15 is 0 Å². The molecule has 1 fully saturated rings. The number of carbonyl (C=O) groups excluding carboxylic acids is 1. The van der Waals surface area contributed by atoms with Gasteiger partial charge in [-0.1, -0.05) is 31.5 Å². The van der Waals surface area contributed by atoms with Crippen LogP contribution in [0.1, 0.15) is 19.4 Å². The molecule has 0 aliphatic heterocycles. The maximum Gasteiger partial charge on any atom is 0.426 e. The van der Waals surface area contributed by atoms with Crippen LogP contribution in [0.5, 0.6) is 0 Å². The first-order chi connectivity index (χ1) is 11.4. The molecule has 0 spiro atoms. The summed E-state index contributed by atoms with van der Waals surface area (Å²) >= 11 is 5.17. The summed E-state index contributed by atoms with van der Waals surface area (Å²) in [4.78, 5) is 12.0. The van der Waals surface area contributed by atoms with Crippen LogP contribution in [0.3, 0.4) is 0 Å². The normalized spacial score (nSPS) is 22.7. The average molecular weight is 387 g/mol. The van der Waals surface area contributed by atoms with Crippen molar-refractivity contribution in [3.63, 3.8) is 0 Å². The van der Waals surface area contributed by atoms with Crippen molar-refractivity contribution >= 4 is 17.6 Å². The summed E-state index contributed by atoms with van der Waals surface area (Å²) in [5.41, 5.74) is -1.49. The van der Waals surface area contributed by atoms with Gasteiger partial charge in [-0.2, -0.15) is 13.2 Å². The molecule has 0 aromatic heterocycles. The van der Waals surface area contributed by atoms with Crippen molar-refractivity contribution in [2.24, 2.45) is 17.3 Å². The van der Waals surface area contributed by atoms with Crippen molar-refractivity contribution < 1.29 is 35.9 Å². The highest BCUT2D eigenvalue weighted by Gasteiger charge is 2.62. The number of esters is 1. The number of alkyl halides is 3. The Kier molecular flexibility index (Phi) is 5.14. The molecule has 138 valence electrons. The van der Waals surface area contributed by atoms with Crippen LogP contribution in [0.25, 0.3) is 0 Å². The van der Waals surface area contributed by atoms with Crippen LogP contribution in [0.2, 0.25) is 0 Å². The Balaban J connectivity index is 2.07. The molecule has 2 nitrogen and oxygen atoms in total. The van der Waals surface area contributed by atoms with Gasteiger partial charge >= 0.3 is 12.1 Å². The quantitative estimate of drug-likeness (QED) is 0.531. The highest BCUT2D eigenvalue weighted by Crippen LogP contribution is 2.60. The number of rotatable bonds is 4. The molecule has 1 aromatic carbocycles. The Morgan fingerprint density at radius 2 is 1.76 bits per heavy atom. The minimum absolute atomic E-state index is 0.432.